The van der Waals surface area contributed by atoms with Crippen LogP contribution in [0.3, 0.4) is 0 Å². The van der Waals surface area contributed by atoms with Crippen molar-refractivity contribution in [2.24, 2.45) is 0 Å². The highest BCUT2D eigenvalue weighted by Crippen LogP contribution is 2.40. The van der Waals surface area contributed by atoms with Gasteiger partial charge in [0.1, 0.15) is 19.0 Å². The molecule has 1 amide bonds. The summed E-state index contributed by atoms with van der Waals surface area (Å²) in [6, 6.07) is 13.3. The van der Waals surface area contributed by atoms with Crippen LogP contribution < -0.4 is 14.8 Å². The number of fused-ring (bicyclic) bond motifs is 1. The van der Waals surface area contributed by atoms with Crippen molar-refractivity contribution >= 4 is 17.5 Å². The van der Waals surface area contributed by atoms with Crippen LogP contribution in [0.1, 0.15) is 40.8 Å². The molecule has 1 saturated carbocycles. The third kappa shape index (κ3) is 3.65. The maximum absolute atomic E-state index is 12.7. The highest BCUT2D eigenvalue weighted by Gasteiger charge is 2.31. The average Bonchev–Trinajstić information content (AvgIpc) is 3.50. The first-order valence-corrected chi connectivity index (χ1v) is 9.95. The summed E-state index contributed by atoms with van der Waals surface area (Å²) in [5.41, 5.74) is 1.72. The lowest BCUT2D eigenvalue weighted by Crippen LogP contribution is -2.24. The zero-order chi connectivity index (χ0) is 19.8. The fraction of sp³-hybridized carbons (Fsp3) is 0.286. The van der Waals surface area contributed by atoms with Gasteiger partial charge in [-0.3, -0.25) is 4.79 Å². The molecule has 1 N–H and O–H groups in total. The molecule has 1 aliphatic carbocycles. The van der Waals surface area contributed by atoms with Crippen molar-refractivity contribution in [3.63, 3.8) is 0 Å². The normalized spacial score (nSPS) is 15.2. The highest BCUT2D eigenvalue weighted by molar-refractivity contribution is 6.32. The number of aromatic nitrogens is 3. The molecule has 29 heavy (non-hydrogen) atoms. The van der Waals surface area contributed by atoms with Crippen LogP contribution in [0.5, 0.6) is 11.5 Å². The van der Waals surface area contributed by atoms with Crippen molar-refractivity contribution in [1.82, 2.24) is 20.1 Å². The second kappa shape index (κ2) is 7.40. The van der Waals surface area contributed by atoms with E-state index in [9.17, 15) is 4.79 Å². The summed E-state index contributed by atoms with van der Waals surface area (Å²) in [6.45, 7) is 1.24. The summed E-state index contributed by atoms with van der Waals surface area (Å²) >= 11 is 6.27. The summed E-state index contributed by atoms with van der Waals surface area (Å²) < 4.78 is 12.9. The predicted molar refractivity (Wildman–Crippen MR) is 107 cm³/mol. The lowest BCUT2D eigenvalue weighted by molar-refractivity contribution is 0.0940. The number of amides is 1. The minimum atomic E-state index is -0.326. The van der Waals surface area contributed by atoms with E-state index in [1.54, 1.807) is 10.7 Å². The maximum Gasteiger partial charge on any atom is 0.291 e. The van der Waals surface area contributed by atoms with E-state index in [0.29, 0.717) is 35.7 Å². The maximum atomic E-state index is 12.7. The Hall–Kier alpha value is -3.06. The molecule has 2 heterocycles. The number of hydrogen-bond acceptors (Lipinski definition) is 5. The van der Waals surface area contributed by atoms with Gasteiger partial charge >= 0.3 is 0 Å². The molecular formula is C21H19ClN4O3. The monoisotopic (exact) mass is 410 g/mol. The molecule has 0 radical (unpaired) electrons. The number of benzene rings is 2. The lowest BCUT2D eigenvalue weighted by atomic mass is 10.2. The highest BCUT2D eigenvalue weighted by atomic mass is 35.5. The van der Waals surface area contributed by atoms with Gasteiger partial charge in [-0.2, -0.15) is 0 Å². The van der Waals surface area contributed by atoms with Gasteiger partial charge in [-0.05, 0) is 42.7 Å². The predicted octanol–water partition coefficient (Wildman–Crippen LogP) is 3.50. The quantitative estimate of drug-likeness (QED) is 0.696. The van der Waals surface area contributed by atoms with Gasteiger partial charge in [0.15, 0.2) is 11.5 Å². The van der Waals surface area contributed by atoms with Crippen molar-refractivity contribution in [3.05, 3.63) is 64.7 Å². The fourth-order valence-electron chi connectivity index (χ4n) is 3.31. The molecule has 7 nitrogen and oxygen atoms in total. The molecular weight excluding hydrogens is 392 g/mol. The Balaban J connectivity index is 1.35. The van der Waals surface area contributed by atoms with E-state index >= 15 is 0 Å². The van der Waals surface area contributed by atoms with Gasteiger partial charge in [0.05, 0.1) is 10.7 Å². The molecule has 0 spiro atoms. The third-order valence-corrected chi connectivity index (χ3v) is 5.17. The van der Waals surface area contributed by atoms with Crippen LogP contribution in [-0.4, -0.2) is 33.9 Å². The zero-order valence-electron chi connectivity index (χ0n) is 15.6. The molecule has 0 atom stereocenters. The zero-order valence-corrected chi connectivity index (χ0v) is 16.4. The Bertz CT molecular complexity index is 1060. The molecule has 2 aromatic carbocycles. The Morgan fingerprint density at radius 2 is 1.97 bits per heavy atom. The Morgan fingerprint density at radius 3 is 2.76 bits per heavy atom. The number of hydrogen-bond donors (Lipinski definition) is 1. The molecule has 2 aliphatic rings. The molecule has 0 bridgehead atoms. The largest absolute Gasteiger partial charge is 0.486 e. The minimum Gasteiger partial charge on any atom is -0.486 e. The van der Waals surface area contributed by atoms with E-state index in [-0.39, 0.29) is 18.3 Å². The molecule has 1 aliphatic heterocycles. The standard InChI is InChI=1S/C21H19ClN4O3/c22-16-10-13(11-17-18(16)29-9-8-28-17)12-23-21(27)19-24-20(14-6-7-14)26(25-19)15-4-2-1-3-5-15/h1-5,10-11,14H,6-9,12H2,(H,23,27). The smallest absolute Gasteiger partial charge is 0.291 e. The number of carbonyl (C=O) groups is 1. The molecule has 0 unspecified atom stereocenters. The molecule has 3 aromatic rings. The third-order valence-electron chi connectivity index (χ3n) is 4.89. The fourth-order valence-corrected chi connectivity index (χ4v) is 3.60. The Kier molecular flexibility index (Phi) is 4.60. The van der Waals surface area contributed by atoms with Crippen LogP contribution in [0.2, 0.25) is 5.02 Å². The number of nitrogens with zero attached hydrogens (tertiary/aromatic N) is 3. The number of para-hydroxylation sites is 1. The van der Waals surface area contributed by atoms with Gasteiger partial charge in [-0.15, -0.1) is 5.10 Å². The van der Waals surface area contributed by atoms with Crippen LogP contribution in [-0.2, 0) is 6.54 Å². The summed E-state index contributed by atoms with van der Waals surface area (Å²) in [7, 11) is 0. The van der Waals surface area contributed by atoms with Crippen molar-refractivity contribution in [1.29, 1.82) is 0 Å². The first-order valence-electron chi connectivity index (χ1n) is 9.57. The minimum absolute atomic E-state index is 0.166. The van der Waals surface area contributed by atoms with E-state index < -0.39 is 0 Å². The molecule has 0 saturated heterocycles. The molecule has 8 heteroatoms. The van der Waals surface area contributed by atoms with Gasteiger partial charge in [-0.1, -0.05) is 29.8 Å². The summed E-state index contributed by atoms with van der Waals surface area (Å²) in [6.07, 6.45) is 2.14. The van der Waals surface area contributed by atoms with Crippen molar-refractivity contribution < 1.29 is 14.3 Å². The van der Waals surface area contributed by atoms with E-state index in [1.165, 1.54) is 0 Å². The second-order valence-electron chi connectivity index (χ2n) is 7.10. The number of rotatable bonds is 5. The van der Waals surface area contributed by atoms with Crippen molar-refractivity contribution in [3.8, 4) is 17.2 Å². The van der Waals surface area contributed by atoms with Gasteiger partial charge in [0, 0.05) is 12.5 Å². The van der Waals surface area contributed by atoms with Crippen molar-refractivity contribution in [2.45, 2.75) is 25.3 Å². The Labute approximate surface area is 172 Å². The van der Waals surface area contributed by atoms with Gasteiger partial charge in [0.25, 0.3) is 5.91 Å². The van der Waals surface area contributed by atoms with Gasteiger partial charge in [0.2, 0.25) is 5.82 Å². The summed E-state index contributed by atoms with van der Waals surface area (Å²) in [4.78, 5) is 17.2. The molecule has 148 valence electrons. The van der Waals surface area contributed by atoms with E-state index in [1.807, 2.05) is 36.4 Å². The molecule has 1 fully saturated rings. The second-order valence-corrected chi connectivity index (χ2v) is 7.51. The number of nitrogens with one attached hydrogen (secondary N) is 1. The van der Waals surface area contributed by atoms with Crippen LogP contribution in [0.15, 0.2) is 42.5 Å². The number of halogens is 1. The number of ether oxygens (including phenoxy) is 2. The van der Waals surface area contributed by atoms with Crippen LogP contribution >= 0.6 is 11.6 Å². The summed E-state index contributed by atoms with van der Waals surface area (Å²) in [5, 5.41) is 7.80. The average molecular weight is 411 g/mol. The SMILES string of the molecule is O=C(NCc1cc(Cl)c2c(c1)OCCO2)c1nc(C2CC2)n(-c2ccccc2)n1. The first kappa shape index (κ1) is 18.0. The van der Waals surface area contributed by atoms with E-state index in [4.69, 9.17) is 21.1 Å². The summed E-state index contributed by atoms with van der Waals surface area (Å²) in [5.74, 6) is 2.18. The van der Waals surface area contributed by atoms with Crippen molar-refractivity contribution in [2.75, 3.05) is 13.2 Å². The lowest BCUT2D eigenvalue weighted by Gasteiger charge is -2.20. The van der Waals surface area contributed by atoms with Gasteiger partial charge < -0.3 is 14.8 Å². The van der Waals surface area contributed by atoms with Gasteiger partial charge in [-0.25, -0.2) is 9.67 Å². The molecule has 5 rings (SSSR count). The number of carbonyl (C=O) groups excluding carboxylic acids is 1. The van der Waals surface area contributed by atoms with E-state index in [0.717, 1.165) is 29.9 Å². The Morgan fingerprint density at radius 1 is 1.17 bits per heavy atom. The van der Waals surface area contributed by atoms with Crippen LogP contribution in [0.25, 0.3) is 5.69 Å². The van der Waals surface area contributed by atoms with E-state index in [2.05, 4.69) is 15.4 Å². The van der Waals surface area contributed by atoms with Crippen LogP contribution in [0.4, 0.5) is 0 Å². The van der Waals surface area contributed by atoms with Crippen LogP contribution in [0, 0.1) is 0 Å². The molecule has 1 aromatic heterocycles. The first-order chi connectivity index (χ1) is 14.2. The topological polar surface area (TPSA) is 78.3 Å².